The minimum Gasteiger partial charge on any atom is -0.492 e. The maximum Gasteiger partial charge on any atom is 0.420 e. The summed E-state index contributed by atoms with van der Waals surface area (Å²) < 4.78 is 27.8. The second-order valence-electron chi connectivity index (χ2n) is 18.6. The van der Waals surface area contributed by atoms with Crippen molar-refractivity contribution in [3.05, 3.63) is 92.6 Å². The molecule has 3 aromatic heterocycles. The quantitative estimate of drug-likeness (QED) is 0.0625. The van der Waals surface area contributed by atoms with E-state index in [2.05, 4.69) is 77.5 Å². The summed E-state index contributed by atoms with van der Waals surface area (Å²) in [6.07, 6.45) is 7.70. The Balaban J connectivity index is 0.806. The number of oxazole rings is 1. The molecule has 9 rings (SSSR count). The van der Waals surface area contributed by atoms with Gasteiger partial charge in [-0.05, 0) is 129 Å². The van der Waals surface area contributed by atoms with Gasteiger partial charge in [0.25, 0.3) is 0 Å². The molecule has 2 amide bonds. The number of aromatic nitrogens is 4. The van der Waals surface area contributed by atoms with Crippen molar-refractivity contribution in [2.24, 2.45) is 0 Å². The molecule has 0 bridgehead atoms. The molecule has 3 aromatic carbocycles. The number of rotatable bonds is 16. The lowest BCUT2D eigenvalue weighted by Crippen LogP contribution is -2.53. The van der Waals surface area contributed by atoms with Crippen LogP contribution in [-0.4, -0.2) is 113 Å². The summed E-state index contributed by atoms with van der Waals surface area (Å²) in [5, 5.41) is 10.9. The van der Waals surface area contributed by atoms with Gasteiger partial charge in [-0.25, -0.2) is 9.78 Å². The maximum absolute atomic E-state index is 13.8. The number of para-hydroxylation sites is 1. The number of ether oxygens (including phenoxy) is 1. The second-order valence-corrected chi connectivity index (χ2v) is 22.6. The van der Waals surface area contributed by atoms with Gasteiger partial charge in [0.2, 0.25) is 17.8 Å². The van der Waals surface area contributed by atoms with Crippen LogP contribution in [-0.2, 0) is 33.4 Å². The van der Waals surface area contributed by atoms with Crippen molar-refractivity contribution >= 4 is 91.0 Å². The highest BCUT2D eigenvalue weighted by molar-refractivity contribution is 9.10. The zero-order chi connectivity index (χ0) is 48.4. The van der Waals surface area contributed by atoms with E-state index < -0.39 is 24.8 Å². The first-order valence-corrected chi connectivity index (χ1v) is 27.7. The fourth-order valence-electron chi connectivity index (χ4n) is 10.3. The predicted molar refractivity (Wildman–Crippen MR) is 277 cm³/mol. The first-order valence-electron chi connectivity index (χ1n) is 24.3. The van der Waals surface area contributed by atoms with Crippen LogP contribution in [0.15, 0.2) is 74.5 Å². The van der Waals surface area contributed by atoms with Crippen molar-refractivity contribution in [2.45, 2.75) is 84.2 Å². The molecule has 3 fully saturated rings. The van der Waals surface area contributed by atoms with Crippen molar-refractivity contribution in [3.8, 4) is 5.75 Å². The zero-order valence-electron chi connectivity index (χ0n) is 40.1. The average molecular weight is 1020 g/mol. The topological polar surface area (TPSA) is 180 Å². The number of imide groups is 1. The number of pyridine rings is 1. The monoisotopic (exact) mass is 1020 g/mol. The molecule has 0 aliphatic carbocycles. The van der Waals surface area contributed by atoms with E-state index in [0.717, 1.165) is 123 Å². The Labute approximate surface area is 411 Å². The third kappa shape index (κ3) is 10.5. The molecule has 0 saturated carbocycles. The van der Waals surface area contributed by atoms with Gasteiger partial charge in [0.15, 0.2) is 5.58 Å². The predicted octanol–water partition coefficient (Wildman–Crippen LogP) is 8.15. The Morgan fingerprint density at radius 3 is 2.41 bits per heavy atom. The van der Waals surface area contributed by atoms with Crippen molar-refractivity contribution in [2.75, 3.05) is 81.3 Å². The molecule has 1 unspecified atom stereocenters. The summed E-state index contributed by atoms with van der Waals surface area (Å²) in [5.41, 5.74) is 7.81. The van der Waals surface area contributed by atoms with E-state index >= 15 is 0 Å². The molecular weight excluding hydrogens is 960 g/mol. The summed E-state index contributed by atoms with van der Waals surface area (Å²) in [6.45, 7) is 17.3. The molecule has 0 spiro atoms. The molecule has 3 N–H and O–H groups in total. The summed E-state index contributed by atoms with van der Waals surface area (Å²) in [4.78, 5) is 59.3. The number of piperidine rings is 2. The molecule has 3 saturated heterocycles. The third-order valence-corrected chi connectivity index (χ3v) is 15.9. The van der Waals surface area contributed by atoms with Gasteiger partial charge in [0, 0.05) is 86.1 Å². The van der Waals surface area contributed by atoms with Gasteiger partial charge in [0.05, 0.1) is 33.5 Å². The number of amides is 2. The fourth-order valence-corrected chi connectivity index (χ4v) is 12.1. The molecule has 16 nitrogen and oxygen atoms in total. The van der Waals surface area contributed by atoms with E-state index in [-0.39, 0.29) is 18.7 Å². The number of carbonyl (C=O) groups excluding carboxylic acids is 2. The van der Waals surface area contributed by atoms with Gasteiger partial charge in [-0.2, -0.15) is 4.98 Å². The summed E-state index contributed by atoms with van der Waals surface area (Å²) in [5.74, 6) is 0.333. The molecule has 1 atom stereocenters. The molecule has 6 heterocycles. The minimum absolute atomic E-state index is 0.192. The van der Waals surface area contributed by atoms with Crippen LogP contribution in [0, 0.1) is 0 Å². The van der Waals surface area contributed by atoms with Crippen molar-refractivity contribution < 1.29 is 23.3 Å². The van der Waals surface area contributed by atoms with Gasteiger partial charge in [-0.15, -0.1) is 0 Å². The number of carbonyl (C=O) groups is 2. The lowest BCUT2D eigenvalue weighted by molar-refractivity contribution is -0.135. The normalized spacial score (nSPS) is 17.7. The minimum atomic E-state index is -2.74. The van der Waals surface area contributed by atoms with Crippen LogP contribution < -0.4 is 36.6 Å². The van der Waals surface area contributed by atoms with E-state index in [1.165, 1.54) is 15.8 Å². The standard InChI is InChI=1S/C51H62BrN10O6P/c1-6-32-29-40(56-50-53-31-37(52)48(58-50)55-39-17-16-38-36(47(39)69(4,5)66)15-14-34(7-2)54-38)44(67-8-3)30-43(32)61-23-20-35(21-24-61)60-27-25-59(26-28-60)22-10-12-33-11-9-13-41-46(33)68-51(65)62(41)42-18-19-45(63)57-49(42)64/h9,11,13-17,29-31,35,42H,6-8,10,12,18-28H2,1-5H3,(H,57,63,64)(H2,53,55,56,58). The van der Waals surface area contributed by atoms with Gasteiger partial charge in [0.1, 0.15) is 24.8 Å². The third-order valence-electron chi connectivity index (χ3n) is 13.8. The average Bonchev–Trinajstić information content (AvgIpc) is 3.68. The number of nitrogens with one attached hydrogen (secondary N) is 3. The largest absolute Gasteiger partial charge is 0.492 e. The Kier molecular flexibility index (Phi) is 14.6. The summed E-state index contributed by atoms with van der Waals surface area (Å²) in [7, 11) is -2.74. The van der Waals surface area contributed by atoms with Crippen LogP contribution in [0.5, 0.6) is 5.75 Å². The number of benzene rings is 3. The number of fused-ring (bicyclic) bond motifs is 2. The molecular formula is C51H62BrN10O6P. The first-order chi connectivity index (χ1) is 33.3. The van der Waals surface area contributed by atoms with Crippen molar-refractivity contribution in [1.29, 1.82) is 0 Å². The molecule has 3 aliphatic rings. The Morgan fingerprint density at radius 2 is 1.68 bits per heavy atom. The Morgan fingerprint density at radius 1 is 0.884 bits per heavy atom. The van der Waals surface area contributed by atoms with E-state index in [0.29, 0.717) is 45.7 Å². The number of nitrogens with zero attached hydrogens (tertiary/aromatic N) is 7. The first kappa shape index (κ1) is 48.4. The van der Waals surface area contributed by atoms with Crippen LogP contribution in [0.2, 0.25) is 0 Å². The smallest absolute Gasteiger partial charge is 0.420 e. The fraction of sp³-hybridized carbons (Fsp3) is 0.451. The lowest BCUT2D eigenvalue weighted by atomic mass is 9.99. The van der Waals surface area contributed by atoms with E-state index in [1.807, 2.05) is 49.4 Å². The van der Waals surface area contributed by atoms with Crippen LogP contribution in [0.1, 0.15) is 75.7 Å². The number of anilines is 5. The molecule has 18 heteroatoms. The molecule has 0 radical (unpaired) electrons. The highest BCUT2D eigenvalue weighted by atomic mass is 79.9. The second kappa shape index (κ2) is 20.8. The van der Waals surface area contributed by atoms with Crippen molar-refractivity contribution in [3.63, 3.8) is 0 Å². The summed E-state index contributed by atoms with van der Waals surface area (Å²) in [6, 6.07) is 17.7. The number of aryl methyl sites for hydroxylation is 3. The van der Waals surface area contributed by atoms with Crippen LogP contribution in [0.3, 0.4) is 0 Å². The SMILES string of the molecule is CCOc1cc(N2CCC(N3CCN(CCCc4cccc5c4oc(=O)n5C4CCC(=O)NC4=O)CC3)CC2)c(CC)cc1Nc1ncc(Br)c(Nc2ccc3nc(CC)ccc3c2P(C)(C)=O)n1. The Bertz CT molecular complexity index is 2990. The highest BCUT2D eigenvalue weighted by Gasteiger charge is 2.33. The molecule has 6 aromatic rings. The number of hydrogen-bond donors (Lipinski definition) is 3. The lowest BCUT2D eigenvalue weighted by Gasteiger charge is -2.43. The molecule has 3 aliphatic heterocycles. The number of hydrogen-bond acceptors (Lipinski definition) is 14. The van der Waals surface area contributed by atoms with E-state index in [4.69, 9.17) is 19.1 Å². The van der Waals surface area contributed by atoms with Gasteiger partial charge >= 0.3 is 5.76 Å². The Hall–Kier alpha value is -5.61. The van der Waals surface area contributed by atoms with Crippen molar-refractivity contribution in [1.82, 2.24) is 34.6 Å². The van der Waals surface area contributed by atoms with Crippen LogP contribution >= 0.6 is 23.1 Å². The van der Waals surface area contributed by atoms with Gasteiger partial charge in [-0.1, -0.05) is 32.0 Å². The van der Waals surface area contributed by atoms with E-state index in [1.54, 1.807) is 19.5 Å². The zero-order valence-corrected chi connectivity index (χ0v) is 42.6. The summed E-state index contributed by atoms with van der Waals surface area (Å²) >= 11 is 3.64. The van der Waals surface area contributed by atoms with Gasteiger partial charge in [-0.3, -0.25) is 29.4 Å². The number of halogens is 1. The maximum atomic E-state index is 13.8. The number of piperazine rings is 1. The van der Waals surface area contributed by atoms with Crippen LogP contribution in [0.25, 0.3) is 22.0 Å². The molecule has 69 heavy (non-hydrogen) atoms. The molecule has 364 valence electrons. The van der Waals surface area contributed by atoms with E-state index in [9.17, 15) is 18.9 Å². The van der Waals surface area contributed by atoms with Gasteiger partial charge < -0.3 is 34.2 Å². The van der Waals surface area contributed by atoms with Crippen LogP contribution in [0.4, 0.5) is 28.8 Å². The highest BCUT2D eigenvalue weighted by Crippen LogP contribution is 2.42.